The van der Waals surface area contributed by atoms with Crippen LogP contribution in [0, 0.1) is 0 Å². The number of aryl methyl sites for hydroxylation is 1. The zero-order valence-electron chi connectivity index (χ0n) is 11.2. The van der Waals surface area contributed by atoms with Crippen molar-refractivity contribution in [3.63, 3.8) is 0 Å². The number of carbonyl (C=O) groups is 1. The smallest absolute Gasteiger partial charge is 0.316 e. The lowest BCUT2D eigenvalue weighted by Crippen LogP contribution is -2.41. The van der Waals surface area contributed by atoms with Gasteiger partial charge in [-0.1, -0.05) is 11.6 Å². The topological polar surface area (TPSA) is 99.1 Å². The first-order valence-electron chi connectivity index (χ1n) is 5.99. The quantitative estimate of drug-likeness (QED) is 0.634. The van der Waals surface area contributed by atoms with E-state index in [0.717, 1.165) is 9.13 Å². The van der Waals surface area contributed by atoms with Gasteiger partial charge in [-0.15, -0.1) is 0 Å². The van der Waals surface area contributed by atoms with E-state index in [1.165, 1.54) is 25.5 Å². The molecule has 0 radical (unpaired) electrons. The average molecular weight is 309 g/mol. The van der Waals surface area contributed by atoms with Gasteiger partial charge >= 0.3 is 11.1 Å². The third-order valence-corrected chi connectivity index (χ3v) is 3.13. The Bertz CT molecular complexity index is 810. The first-order chi connectivity index (χ1) is 9.88. The summed E-state index contributed by atoms with van der Waals surface area (Å²) in [5, 5.41) is 2.84. The standard InChI is InChI=1S/C13H13ClN4O3/c1-17-4-5-18(13(21)12(17)20)7-11(19)16-10-3-2-8(15)6-9(10)14/h2-6H,7,15H2,1H3,(H,16,19). The Kier molecular flexibility index (Phi) is 4.13. The van der Waals surface area contributed by atoms with E-state index in [-0.39, 0.29) is 6.54 Å². The molecule has 21 heavy (non-hydrogen) atoms. The monoisotopic (exact) mass is 308 g/mol. The minimum Gasteiger partial charge on any atom is -0.399 e. The Balaban J connectivity index is 2.18. The highest BCUT2D eigenvalue weighted by atomic mass is 35.5. The van der Waals surface area contributed by atoms with E-state index in [4.69, 9.17) is 17.3 Å². The van der Waals surface area contributed by atoms with Crippen LogP contribution in [0.25, 0.3) is 0 Å². The molecular formula is C13H13ClN4O3. The van der Waals surface area contributed by atoms with Crippen molar-refractivity contribution < 1.29 is 4.79 Å². The van der Waals surface area contributed by atoms with Gasteiger partial charge in [0.25, 0.3) is 0 Å². The maximum Gasteiger partial charge on any atom is 0.316 e. The van der Waals surface area contributed by atoms with Crippen molar-refractivity contribution in [2.75, 3.05) is 11.1 Å². The van der Waals surface area contributed by atoms with Crippen LogP contribution in [0.4, 0.5) is 11.4 Å². The van der Waals surface area contributed by atoms with Crippen LogP contribution >= 0.6 is 11.6 Å². The van der Waals surface area contributed by atoms with E-state index in [2.05, 4.69) is 5.32 Å². The van der Waals surface area contributed by atoms with Gasteiger partial charge in [-0.3, -0.25) is 19.0 Å². The van der Waals surface area contributed by atoms with Gasteiger partial charge < -0.3 is 15.6 Å². The summed E-state index contributed by atoms with van der Waals surface area (Å²) in [5.41, 5.74) is 4.94. The van der Waals surface area contributed by atoms with Crippen molar-refractivity contribution in [1.29, 1.82) is 0 Å². The highest BCUT2D eigenvalue weighted by Gasteiger charge is 2.09. The zero-order valence-corrected chi connectivity index (χ0v) is 11.9. The molecule has 8 heteroatoms. The third-order valence-electron chi connectivity index (χ3n) is 2.82. The van der Waals surface area contributed by atoms with Crippen molar-refractivity contribution in [3.05, 3.63) is 56.3 Å². The fraction of sp³-hybridized carbons (Fsp3) is 0.154. The van der Waals surface area contributed by atoms with Crippen LogP contribution in [0.1, 0.15) is 0 Å². The van der Waals surface area contributed by atoms with Gasteiger partial charge in [0.05, 0.1) is 10.7 Å². The van der Waals surface area contributed by atoms with Crippen LogP contribution < -0.4 is 22.2 Å². The van der Waals surface area contributed by atoms with Crippen molar-refractivity contribution in [3.8, 4) is 0 Å². The highest BCUT2D eigenvalue weighted by molar-refractivity contribution is 6.34. The maximum absolute atomic E-state index is 11.9. The Labute approximate surface area is 124 Å². The van der Waals surface area contributed by atoms with Crippen LogP contribution in [-0.4, -0.2) is 15.0 Å². The number of nitrogens with zero attached hydrogens (tertiary/aromatic N) is 2. The molecule has 0 aliphatic rings. The number of carbonyl (C=O) groups excluding carboxylic acids is 1. The molecule has 0 spiro atoms. The zero-order chi connectivity index (χ0) is 15.6. The molecule has 0 fully saturated rings. The summed E-state index contributed by atoms with van der Waals surface area (Å²) in [6.45, 7) is -0.282. The number of anilines is 2. The van der Waals surface area contributed by atoms with Crippen LogP contribution in [0.5, 0.6) is 0 Å². The van der Waals surface area contributed by atoms with Gasteiger partial charge in [0.2, 0.25) is 5.91 Å². The predicted octanol–water partition coefficient (Wildman–Crippen LogP) is 0.421. The van der Waals surface area contributed by atoms with Crippen LogP contribution in [0.2, 0.25) is 5.02 Å². The largest absolute Gasteiger partial charge is 0.399 e. The molecule has 0 atom stereocenters. The Hall–Kier alpha value is -2.54. The fourth-order valence-electron chi connectivity index (χ4n) is 1.69. The minimum atomic E-state index is -0.765. The summed E-state index contributed by atoms with van der Waals surface area (Å²) in [5.74, 6) is -0.475. The fourth-order valence-corrected chi connectivity index (χ4v) is 1.93. The molecule has 0 saturated carbocycles. The molecule has 0 aliphatic heterocycles. The second-order valence-corrected chi connectivity index (χ2v) is 4.84. The summed E-state index contributed by atoms with van der Waals surface area (Å²) in [7, 11) is 1.46. The lowest BCUT2D eigenvalue weighted by Gasteiger charge is -2.09. The lowest BCUT2D eigenvalue weighted by atomic mass is 10.3. The molecule has 1 amide bonds. The summed E-state index contributed by atoms with van der Waals surface area (Å²) in [4.78, 5) is 35.1. The first kappa shape index (κ1) is 14.9. The minimum absolute atomic E-state index is 0.282. The molecule has 1 aromatic carbocycles. The van der Waals surface area contributed by atoms with Gasteiger partial charge in [0, 0.05) is 25.1 Å². The van der Waals surface area contributed by atoms with Crippen molar-refractivity contribution in [2.24, 2.45) is 7.05 Å². The molecule has 3 N–H and O–H groups in total. The summed E-state index contributed by atoms with van der Waals surface area (Å²) in [6.07, 6.45) is 2.78. The number of hydrogen-bond donors (Lipinski definition) is 2. The van der Waals surface area contributed by atoms with Gasteiger partial charge in [-0.2, -0.15) is 0 Å². The Morgan fingerprint density at radius 2 is 2.00 bits per heavy atom. The van der Waals surface area contributed by atoms with Crippen LogP contribution in [0.15, 0.2) is 40.2 Å². The number of nitrogen functional groups attached to an aromatic ring is 1. The molecule has 7 nitrogen and oxygen atoms in total. The van der Waals surface area contributed by atoms with Gasteiger partial charge in [0.1, 0.15) is 6.54 Å². The number of hydrogen-bond acceptors (Lipinski definition) is 4. The normalized spacial score (nSPS) is 10.4. The maximum atomic E-state index is 11.9. The van der Waals surface area contributed by atoms with Gasteiger partial charge in [-0.25, -0.2) is 0 Å². The molecule has 1 heterocycles. The van der Waals surface area contributed by atoms with Crippen LogP contribution in [0.3, 0.4) is 0 Å². The number of nitrogens with two attached hydrogens (primary N) is 1. The molecular weight excluding hydrogens is 296 g/mol. The van der Waals surface area contributed by atoms with Crippen LogP contribution in [-0.2, 0) is 18.4 Å². The second-order valence-electron chi connectivity index (χ2n) is 4.43. The molecule has 0 unspecified atom stereocenters. The molecule has 110 valence electrons. The van der Waals surface area contributed by atoms with E-state index in [0.29, 0.717) is 16.4 Å². The second kappa shape index (κ2) is 5.84. The number of benzene rings is 1. The van der Waals surface area contributed by atoms with E-state index in [9.17, 15) is 14.4 Å². The molecule has 2 aromatic rings. The molecule has 0 bridgehead atoms. The van der Waals surface area contributed by atoms with E-state index in [1.807, 2.05) is 0 Å². The number of rotatable bonds is 3. The number of amides is 1. The predicted molar refractivity (Wildman–Crippen MR) is 80.4 cm³/mol. The molecule has 0 saturated heterocycles. The summed E-state index contributed by atoms with van der Waals surface area (Å²) < 4.78 is 2.18. The highest BCUT2D eigenvalue weighted by Crippen LogP contribution is 2.23. The molecule has 2 rings (SSSR count). The van der Waals surface area contributed by atoms with Gasteiger partial charge in [-0.05, 0) is 18.2 Å². The van der Waals surface area contributed by atoms with Crippen molar-refractivity contribution in [1.82, 2.24) is 9.13 Å². The molecule has 1 aromatic heterocycles. The summed E-state index contributed by atoms with van der Waals surface area (Å²) >= 11 is 5.94. The third kappa shape index (κ3) is 3.32. The lowest BCUT2D eigenvalue weighted by molar-refractivity contribution is -0.116. The van der Waals surface area contributed by atoms with Crippen molar-refractivity contribution in [2.45, 2.75) is 6.54 Å². The van der Waals surface area contributed by atoms with Crippen molar-refractivity contribution >= 4 is 28.9 Å². The Morgan fingerprint density at radius 1 is 1.29 bits per heavy atom. The number of nitrogens with one attached hydrogen (secondary N) is 1. The first-order valence-corrected chi connectivity index (χ1v) is 6.37. The average Bonchev–Trinajstić information content (AvgIpc) is 2.43. The molecule has 0 aliphatic carbocycles. The van der Waals surface area contributed by atoms with E-state index in [1.54, 1.807) is 12.1 Å². The van der Waals surface area contributed by atoms with E-state index >= 15 is 0 Å². The number of aromatic nitrogens is 2. The summed E-state index contributed by atoms with van der Waals surface area (Å²) in [6, 6.07) is 4.65. The van der Waals surface area contributed by atoms with E-state index < -0.39 is 17.0 Å². The van der Waals surface area contributed by atoms with Gasteiger partial charge in [0.15, 0.2) is 0 Å². The SMILES string of the molecule is Cn1ccn(CC(=O)Nc2ccc(N)cc2Cl)c(=O)c1=O. The Morgan fingerprint density at radius 3 is 2.67 bits per heavy atom. The number of halogens is 1.